The van der Waals surface area contributed by atoms with Crippen LogP contribution >= 0.6 is 0 Å². The fourth-order valence-electron chi connectivity index (χ4n) is 2.46. The topological polar surface area (TPSA) is 61.8 Å². The first-order chi connectivity index (χ1) is 9.61. The average molecular weight is 278 g/mol. The monoisotopic (exact) mass is 278 g/mol. The third-order valence-corrected chi connectivity index (χ3v) is 3.77. The van der Waals surface area contributed by atoms with Crippen molar-refractivity contribution in [2.45, 2.75) is 32.0 Å². The molecule has 1 aliphatic heterocycles. The number of para-hydroxylation sites is 1. The third kappa shape index (κ3) is 3.49. The molecule has 1 aromatic carbocycles. The molecule has 5 nitrogen and oxygen atoms in total. The molecule has 1 saturated heterocycles. The number of amides is 1. The van der Waals surface area contributed by atoms with Crippen LogP contribution in [0.25, 0.3) is 0 Å². The van der Waals surface area contributed by atoms with Crippen molar-refractivity contribution in [2.24, 2.45) is 0 Å². The average Bonchev–Trinajstić information content (AvgIpc) is 2.90. The van der Waals surface area contributed by atoms with Gasteiger partial charge in [-0.05, 0) is 19.4 Å². The van der Waals surface area contributed by atoms with Crippen molar-refractivity contribution in [1.82, 2.24) is 10.2 Å². The van der Waals surface area contributed by atoms with Gasteiger partial charge in [0, 0.05) is 25.2 Å². The van der Waals surface area contributed by atoms with Gasteiger partial charge in [0.05, 0.1) is 19.3 Å². The van der Waals surface area contributed by atoms with Crippen LogP contribution in [-0.2, 0) is 11.3 Å². The van der Waals surface area contributed by atoms with Crippen LogP contribution < -0.4 is 10.1 Å². The van der Waals surface area contributed by atoms with Crippen LogP contribution in [0.5, 0.6) is 5.75 Å². The number of β-amino-alcohol motifs (C(OH)–C–C–N with tert-alkyl or cyclic N) is 1. The van der Waals surface area contributed by atoms with E-state index in [0.717, 1.165) is 24.3 Å². The molecule has 1 amide bonds. The number of aliphatic hydroxyl groups excluding tert-OH is 1. The van der Waals surface area contributed by atoms with Crippen LogP contribution in [0.15, 0.2) is 24.3 Å². The zero-order valence-electron chi connectivity index (χ0n) is 12.0. The Hall–Kier alpha value is -1.59. The van der Waals surface area contributed by atoms with Gasteiger partial charge in [0.1, 0.15) is 5.75 Å². The highest BCUT2D eigenvalue weighted by Crippen LogP contribution is 2.17. The lowest BCUT2D eigenvalue weighted by Gasteiger charge is -2.23. The van der Waals surface area contributed by atoms with Crippen molar-refractivity contribution in [1.29, 1.82) is 0 Å². The zero-order chi connectivity index (χ0) is 14.5. The number of likely N-dealkylation sites (tertiary alicyclic amines) is 1. The Morgan fingerprint density at radius 3 is 2.95 bits per heavy atom. The smallest absolute Gasteiger partial charge is 0.237 e. The van der Waals surface area contributed by atoms with E-state index in [9.17, 15) is 9.90 Å². The molecule has 1 fully saturated rings. The molecule has 1 aromatic rings. The van der Waals surface area contributed by atoms with Crippen LogP contribution in [0.3, 0.4) is 0 Å². The van der Waals surface area contributed by atoms with Gasteiger partial charge >= 0.3 is 0 Å². The van der Waals surface area contributed by atoms with Gasteiger partial charge < -0.3 is 15.2 Å². The predicted molar refractivity (Wildman–Crippen MR) is 76.5 cm³/mol. The second-order valence-corrected chi connectivity index (χ2v) is 5.14. The van der Waals surface area contributed by atoms with E-state index >= 15 is 0 Å². The van der Waals surface area contributed by atoms with E-state index in [1.54, 1.807) is 7.11 Å². The molecule has 0 aromatic heterocycles. The highest BCUT2D eigenvalue weighted by Gasteiger charge is 2.28. The van der Waals surface area contributed by atoms with Gasteiger partial charge in [-0.2, -0.15) is 0 Å². The minimum atomic E-state index is -0.306. The highest BCUT2D eigenvalue weighted by molar-refractivity contribution is 5.81. The molecule has 0 spiro atoms. The quantitative estimate of drug-likeness (QED) is 0.835. The van der Waals surface area contributed by atoms with Crippen LogP contribution in [0.2, 0.25) is 0 Å². The Morgan fingerprint density at radius 2 is 2.30 bits per heavy atom. The molecule has 0 aliphatic carbocycles. The molecular formula is C15H22N2O3. The van der Waals surface area contributed by atoms with Crippen molar-refractivity contribution >= 4 is 5.91 Å². The van der Waals surface area contributed by atoms with Crippen molar-refractivity contribution in [2.75, 3.05) is 20.2 Å². The van der Waals surface area contributed by atoms with Crippen LogP contribution in [0.1, 0.15) is 18.9 Å². The molecule has 0 radical (unpaired) electrons. The van der Waals surface area contributed by atoms with Crippen LogP contribution in [-0.4, -0.2) is 48.3 Å². The summed E-state index contributed by atoms with van der Waals surface area (Å²) in [7, 11) is 1.62. The lowest BCUT2D eigenvalue weighted by Crippen LogP contribution is -2.44. The molecule has 110 valence electrons. The molecule has 0 saturated carbocycles. The first-order valence-electron chi connectivity index (χ1n) is 6.93. The Bertz CT molecular complexity index is 464. The van der Waals surface area contributed by atoms with Crippen molar-refractivity contribution in [3.8, 4) is 5.75 Å². The predicted octanol–water partition coefficient (Wildman–Crippen LogP) is 0.766. The summed E-state index contributed by atoms with van der Waals surface area (Å²) in [5.74, 6) is 0.752. The van der Waals surface area contributed by atoms with E-state index in [2.05, 4.69) is 5.32 Å². The molecule has 2 rings (SSSR count). The molecule has 5 heteroatoms. The number of hydrogen-bond acceptors (Lipinski definition) is 4. The number of aliphatic hydroxyl groups is 1. The molecule has 1 heterocycles. The molecule has 1 unspecified atom stereocenters. The first-order valence-corrected chi connectivity index (χ1v) is 6.93. The minimum absolute atomic E-state index is 0.0231. The van der Waals surface area contributed by atoms with Gasteiger partial charge in [-0.3, -0.25) is 9.69 Å². The molecule has 2 N–H and O–H groups in total. The maximum atomic E-state index is 12.1. The van der Waals surface area contributed by atoms with E-state index < -0.39 is 0 Å². The van der Waals surface area contributed by atoms with Gasteiger partial charge in [0.15, 0.2) is 0 Å². The van der Waals surface area contributed by atoms with E-state index in [-0.39, 0.29) is 18.1 Å². The summed E-state index contributed by atoms with van der Waals surface area (Å²) in [5, 5.41) is 12.4. The van der Waals surface area contributed by atoms with E-state index in [1.165, 1.54) is 0 Å². The number of benzene rings is 1. The maximum Gasteiger partial charge on any atom is 0.237 e. The lowest BCUT2D eigenvalue weighted by molar-refractivity contribution is -0.125. The van der Waals surface area contributed by atoms with E-state index in [1.807, 2.05) is 36.1 Å². The summed E-state index contributed by atoms with van der Waals surface area (Å²) in [6.45, 7) is 3.66. The molecular weight excluding hydrogens is 256 g/mol. The van der Waals surface area contributed by atoms with Gasteiger partial charge in [-0.25, -0.2) is 0 Å². The molecule has 0 bridgehead atoms. The fraction of sp³-hybridized carbons (Fsp3) is 0.533. The number of rotatable bonds is 5. The molecule has 20 heavy (non-hydrogen) atoms. The van der Waals surface area contributed by atoms with Crippen molar-refractivity contribution in [3.05, 3.63) is 29.8 Å². The van der Waals surface area contributed by atoms with E-state index in [0.29, 0.717) is 13.1 Å². The molecule has 2 atom stereocenters. The van der Waals surface area contributed by atoms with E-state index in [4.69, 9.17) is 4.74 Å². The Labute approximate surface area is 119 Å². The summed E-state index contributed by atoms with van der Waals surface area (Å²) < 4.78 is 5.26. The minimum Gasteiger partial charge on any atom is -0.496 e. The highest BCUT2D eigenvalue weighted by atomic mass is 16.5. The molecule has 1 aliphatic rings. The summed E-state index contributed by atoms with van der Waals surface area (Å²) in [4.78, 5) is 14.1. The number of methoxy groups -OCH3 is 1. The standard InChI is InChI=1S/C15H22N2O3/c1-11(17-8-7-13(18)10-17)15(19)16-9-12-5-3-4-6-14(12)20-2/h3-6,11,13,18H,7-10H2,1-2H3,(H,16,19)/t11?,13-/m1/s1. The number of ether oxygens (including phenoxy) is 1. The van der Waals surface area contributed by atoms with Crippen molar-refractivity contribution in [3.63, 3.8) is 0 Å². The van der Waals surface area contributed by atoms with Gasteiger partial charge in [-0.15, -0.1) is 0 Å². The normalized spacial score (nSPS) is 20.6. The summed E-state index contributed by atoms with van der Waals surface area (Å²) in [5.41, 5.74) is 0.956. The number of nitrogens with zero attached hydrogens (tertiary/aromatic N) is 1. The number of nitrogens with one attached hydrogen (secondary N) is 1. The second kappa shape index (κ2) is 6.72. The van der Waals surface area contributed by atoms with Crippen LogP contribution in [0.4, 0.5) is 0 Å². The summed E-state index contributed by atoms with van der Waals surface area (Å²) >= 11 is 0. The second-order valence-electron chi connectivity index (χ2n) is 5.14. The Balaban J connectivity index is 1.88. The fourth-order valence-corrected chi connectivity index (χ4v) is 2.46. The zero-order valence-corrected chi connectivity index (χ0v) is 12.0. The van der Waals surface area contributed by atoms with Gasteiger partial charge in [0.25, 0.3) is 0 Å². The lowest BCUT2D eigenvalue weighted by atomic mass is 10.2. The van der Waals surface area contributed by atoms with Crippen molar-refractivity contribution < 1.29 is 14.6 Å². The first kappa shape index (κ1) is 14.8. The summed E-state index contributed by atoms with van der Waals surface area (Å²) in [6, 6.07) is 7.41. The maximum absolute atomic E-state index is 12.1. The number of hydrogen-bond donors (Lipinski definition) is 2. The number of carbonyl (C=O) groups is 1. The van der Waals surface area contributed by atoms with Gasteiger partial charge in [-0.1, -0.05) is 18.2 Å². The SMILES string of the molecule is COc1ccccc1CNC(=O)C(C)N1CC[C@@H](O)C1. The number of carbonyl (C=O) groups excluding carboxylic acids is 1. The van der Waals surface area contributed by atoms with Crippen LogP contribution in [0, 0.1) is 0 Å². The Morgan fingerprint density at radius 1 is 1.55 bits per heavy atom. The largest absolute Gasteiger partial charge is 0.496 e. The Kier molecular flexibility index (Phi) is 4.98. The summed E-state index contributed by atoms with van der Waals surface area (Å²) in [6.07, 6.45) is 0.434. The third-order valence-electron chi connectivity index (χ3n) is 3.77. The van der Waals surface area contributed by atoms with Gasteiger partial charge in [0.2, 0.25) is 5.91 Å².